The van der Waals surface area contributed by atoms with Gasteiger partial charge in [-0.05, 0) is 30.0 Å². The number of halogens is 1. The van der Waals surface area contributed by atoms with E-state index in [1.165, 1.54) is 6.92 Å². The molecule has 0 aromatic heterocycles. The van der Waals surface area contributed by atoms with E-state index in [-0.39, 0.29) is 18.2 Å². The van der Waals surface area contributed by atoms with E-state index in [4.69, 9.17) is 17.3 Å². The zero-order valence-electron chi connectivity index (χ0n) is 14.1. The SMILES string of the molecule is CC(=O)N[C@@H](CC(C)C)C(=O)N[C@@H](Cc1cccc(Cl)c1)C(N)=O. The normalized spacial score (nSPS) is 13.2. The van der Waals surface area contributed by atoms with Crippen LogP contribution in [0.1, 0.15) is 32.8 Å². The topological polar surface area (TPSA) is 101 Å². The van der Waals surface area contributed by atoms with Gasteiger partial charge in [0.25, 0.3) is 0 Å². The van der Waals surface area contributed by atoms with Crippen LogP contribution < -0.4 is 16.4 Å². The van der Waals surface area contributed by atoms with Crippen LogP contribution in [0, 0.1) is 5.92 Å². The molecular formula is C17H24ClN3O3. The monoisotopic (exact) mass is 353 g/mol. The summed E-state index contributed by atoms with van der Waals surface area (Å²) in [5, 5.41) is 5.77. The average Bonchev–Trinajstić information content (AvgIpc) is 2.44. The third kappa shape index (κ3) is 7.00. The molecule has 7 heteroatoms. The predicted octanol–water partition coefficient (Wildman–Crippen LogP) is 1.40. The Hall–Kier alpha value is -2.08. The van der Waals surface area contributed by atoms with Crippen molar-refractivity contribution in [3.05, 3.63) is 34.9 Å². The zero-order valence-corrected chi connectivity index (χ0v) is 14.9. The van der Waals surface area contributed by atoms with E-state index in [0.717, 1.165) is 5.56 Å². The number of carbonyl (C=O) groups is 3. The Bertz CT molecular complexity index is 604. The van der Waals surface area contributed by atoms with E-state index in [9.17, 15) is 14.4 Å². The van der Waals surface area contributed by atoms with Crippen molar-refractivity contribution < 1.29 is 14.4 Å². The number of amides is 3. The van der Waals surface area contributed by atoms with E-state index < -0.39 is 23.9 Å². The van der Waals surface area contributed by atoms with Gasteiger partial charge in [0.05, 0.1) is 0 Å². The molecule has 0 aliphatic carbocycles. The Morgan fingerprint density at radius 1 is 1.17 bits per heavy atom. The van der Waals surface area contributed by atoms with Crippen LogP contribution in [0.2, 0.25) is 5.02 Å². The fourth-order valence-corrected chi connectivity index (χ4v) is 2.56. The van der Waals surface area contributed by atoms with Crippen molar-refractivity contribution in [1.82, 2.24) is 10.6 Å². The highest BCUT2D eigenvalue weighted by Gasteiger charge is 2.25. The van der Waals surface area contributed by atoms with Crippen molar-refractivity contribution in [2.24, 2.45) is 11.7 Å². The van der Waals surface area contributed by atoms with E-state index in [0.29, 0.717) is 11.4 Å². The highest BCUT2D eigenvalue weighted by Crippen LogP contribution is 2.13. The Labute approximate surface area is 147 Å². The van der Waals surface area contributed by atoms with Gasteiger partial charge in [-0.2, -0.15) is 0 Å². The van der Waals surface area contributed by atoms with Gasteiger partial charge in [-0.1, -0.05) is 37.6 Å². The minimum atomic E-state index is -0.876. The molecule has 0 heterocycles. The summed E-state index contributed by atoms with van der Waals surface area (Å²) in [5.41, 5.74) is 6.18. The molecule has 0 bridgehead atoms. The van der Waals surface area contributed by atoms with Crippen molar-refractivity contribution in [1.29, 1.82) is 0 Å². The highest BCUT2D eigenvalue weighted by atomic mass is 35.5. The number of rotatable bonds is 8. The van der Waals surface area contributed by atoms with E-state index >= 15 is 0 Å². The van der Waals surface area contributed by atoms with Crippen molar-refractivity contribution in [2.75, 3.05) is 0 Å². The van der Waals surface area contributed by atoms with Gasteiger partial charge in [-0.25, -0.2) is 0 Å². The Morgan fingerprint density at radius 3 is 2.33 bits per heavy atom. The van der Waals surface area contributed by atoms with Crippen molar-refractivity contribution >= 4 is 29.3 Å². The molecular weight excluding hydrogens is 330 g/mol. The summed E-state index contributed by atoms with van der Waals surface area (Å²) < 4.78 is 0. The molecule has 24 heavy (non-hydrogen) atoms. The van der Waals surface area contributed by atoms with Crippen LogP contribution in [-0.2, 0) is 20.8 Å². The van der Waals surface area contributed by atoms with E-state index in [1.807, 2.05) is 13.8 Å². The second-order valence-corrected chi connectivity index (χ2v) is 6.62. The molecule has 3 amide bonds. The Kier molecular flexibility index (Phi) is 7.71. The first-order chi connectivity index (χ1) is 11.2. The zero-order chi connectivity index (χ0) is 18.3. The molecule has 0 saturated carbocycles. The van der Waals surface area contributed by atoms with Crippen LogP contribution >= 0.6 is 11.6 Å². The smallest absolute Gasteiger partial charge is 0.243 e. The number of hydrogen-bond acceptors (Lipinski definition) is 3. The third-order valence-corrected chi connectivity index (χ3v) is 3.62. The lowest BCUT2D eigenvalue weighted by molar-refractivity contribution is -0.131. The molecule has 0 radical (unpaired) electrons. The first kappa shape index (κ1) is 20.0. The minimum absolute atomic E-state index is 0.201. The molecule has 1 rings (SSSR count). The lowest BCUT2D eigenvalue weighted by Crippen LogP contribution is -2.53. The lowest BCUT2D eigenvalue weighted by atomic mass is 10.0. The molecule has 0 aliphatic heterocycles. The van der Waals surface area contributed by atoms with Crippen molar-refractivity contribution in [2.45, 2.75) is 45.7 Å². The second kappa shape index (κ2) is 9.27. The van der Waals surface area contributed by atoms with Crippen molar-refractivity contribution in [3.8, 4) is 0 Å². The molecule has 0 fully saturated rings. The van der Waals surface area contributed by atoms with Crippen LogP contribution in [0.4, 0.5) is 0 Å². The van der Waals surface area contributed by atoms with Gasteiger partial charge in [-0.15, -0.1) is 0 Å². The summed E-state index contributed by atoms with van der Waals surface area (Å²) >= 11 is 5.93. The molecule has 0 spiro atoms. The predicted molar refractivity (Wildman–Crippen MR) is 93.3 cm³/mol. The first-order valence-electron chi connectivity index (χ1n) is 7.80. The number of hydrogen-bond donors (Lipinski definition) is 3. The van der Waals surface area contributed by atoms with E-state index in [2.05, 4.69) is 10.6 Å². The Morgan fingerprint density at radius 2 is 1.83 bits per heavy atom. The summed E-state index contributed by atoms with van der Waals surface area (Å²) in [6.45, 7) is 5.23. The highest BCUT2D eigenvalue weighted by molar-refractivity contribution is 6.30. The summed E-state index contributed by atoms with van der Waals surface area (Å²) in [5.74, 6) is -1.17. The van der Waals surface area contributed by atoms with Crippen molar-refractivity contribution in [3.63, 3.8) is 0 Å². The van der Waals surface area contributed by atoms with Crippen LogP contribution in [0.5, 0.6) is 0 Å². The summed E-state index contributed by atoms with van der Waals surface area (Å²) in [4.78, 5) is 35.4. The first-order valence-corrected chi connectivity index (χ1v) is 8.18. The standard InChI is InChI=1S/C17H24ClN3O3/c1-10(2)7-15(20-11(3)22)17(24)21-14(16(19)23)9-12-5-4-6-13(18)8-12/h4-6,8,10,14-15H,7,9H2,1-3H3,(H2,19,23)(H,20,22)(H,21,24)/t14-,15-/m0/s1. The minimum Gasteiger partial charge on any atom is -0.368 e. The largest absolute Gasteiger partial charge is 0.368 e. The number of carbonyl (C=O) groups excluding carboxylic acids is 3. The third-order valence-electron chi connectivity index (χ3n) is 3.39. The number of nitrogens with two attached hydrogens (primary N) is 1. The fraction of sp³-hybridized carbons (Fsp3) is 0.471. The van der Waals surface area contributed by atoms with Crippen LogP contribution in [-0.4, -0.2) is 29.8 Å². The van der Waals surface area contributed by atoms with Gasteiger partial charge in [0.1, 0.15) is 12.1 Å². The molecule has 1 aromatic carbocycles. The summed E-state index contributed by atoms with van der Waals surface area (Å²) in [6.07, 6.45) is 0.699. The van der Waals surface area contributed by atoms with Gasteiger partial charge in [-0.3, -0.25) is 14.4 Å². The molecule has 0 aliphatic rings. The maximum atomic E-state index is 12.4. The van der Waals surface area contributed by atoms with E-state index in [1.54, 1.807) is 24.3 Å². The second-order valence-electron chi connectivity index (χ2n) is 6.18. The molecule has 132 valence electrons. The molecule has 0 saturated heterocycles. The summed E-state index contributed by atoms with van der Waals surface area (Å²) in [6, 6.07) is 5.41. The molecule has 0 unspecified atom stereocenters. The van der Waals surface area contributed by atoms with Gasteiger partial charge in [0, 0.05) is 18.4 Å². The van der Waals surface area contributed by atoms with Crippen LogP contribution in [0.25, 0.3) is 0 Å². The summed E-state index contributed by atoms with van der Waals surface area (Å²) in [7, 11) is 0. The number of nitrogens with one attached hydrogen (secondary N) is 2. The number of benzene rings is 1. The molecule has 2 atom stereocenters. The quantitative estimate of drug-likeness (QED) is 0.658. The maximum absolute atomic E-state index is 12.4. The molecule has 4 N–H and O–H groups in total. The Balaban J connectivity index is 2.83. The number of primary amides is 1. The van der Waals surface area contributed by atoms with Gasteiger partial charge < -0.3 is 16.4 Å². The van der Waals surface area contributed by atoms with Crippen LogP contribution in [0.15, 0.2) is 24.3 Å². The van der Waals surface area contributed by atoms with Gasteiger partial charge >= 0.3 is 0 Å². The van der Waals surface area contributed by atoms with Gasteiger partial charge in [0.2, 0.25) is 17.7 Å². The lowest BCUT2D eigenvalue weighted by Gasteiger charge is -2.22. The van der Waals surface area contributed by atoms with Gasteiger partial charge in [0.15, 0.2) is 0 Å². The van der Waals surface area contributed by atoms with Crippen LogP contribution in [0.3, 0.4) is 0 Å². The average molecular weight is 354 g/mol. The fourth-order valence-electron chi connectivity index (χ4n) is 2.34. The maximum Gasteiger partial charge on any atom is 0.243 e. The molecule has 1 aromatic rings. The molecule has 6 nitrogen and oxygen atoms in total.